The maximum Gasteiger partial charge on any atom is 0.188 e. The minimum atomic E-state index is 0.954. The number of hydrogen-bond donors (Lipinski definition) is 0. The number of nitrogens with zero attached hydrogens (tertiary/aromatic N) is 3. The molecule has 3 heterocycles. The molecule has 0 aliphatic carbocycles. The highest BCUT2D eigenvalue weighted by molar-refractivity contribution is 7.21. The Morgan fingerprint density at radius 1 is 1.05 bits per heavy atom. The quantitative estimate of drug-likeness (QED) is 0.677. The molecule has 0 fully saturated rings. The van der Waals surface area contributed by atoms with Crippen molar-refractivity contribution in [1.82, 2.24) is 9.97 Å². The van der Waals surface area contributed by atoms with Gasteiger partial charge in [0.05, 0.1) is 0 Å². The average Bonchev–Trinajstić information content (AvgIpc) is 2.90. The summed E-state index contributed by atoms with van der Waals surface area (Å²) in [4.78, 5) is 12.4. The summed E-state index contributed by atoms with van der Waals surface area (Å²) in [6.07, 6.45) is 2.93. The van der Waals surface area contributed by atoms with E-state index in [4.69, 9.17) is 4.98 Å². The molecule has 3 aromatic rings. The first-order chi connectivity index (χ1) is 9.40. The lowest BCUT2D eigenvalue weighted by molar-refractivity contribution is 0.730. The van der Waals surface area contributed by atoms with Gasteiger partial charge >= 0.3 is 0 Å². The number of anilines is 1. The molecule has 1 aliphatic rings. The van der Waals surface area contributed by atoms with Crippen molar-refractivity contribution in [1.29, 1.82) is 0 Å². The smallest absolute Gasteiger partial charge is 0.188 e. The topological polar surface area (TPSA) is 29.0 Å². The lowest BCUT2D eigenvalue weighted by Gasteiger charge is -2.28. The largest absolute Gasteiger partial charge is 0.343 e. The summed E-state index contributed by atoms with van der Waals surface area (Å²) in [6, 6.07) is 12.6. The Bertz CT molecular complexity index is 702. The Labute approximate surface area is 115 Å². The van der Waals surface area contributed by atoms with Gasteiger partial charge in [-0.1, -0.05) is 35.6 Å². The molecule has 4 rings (SSSR count). The van der Waals surface area contributed by atoms with Gasteiger partial charge in [0.25, 0.3) is 0 Å². The van der Waals surface area contributed by atoms with Crippen LogP contribution in [0, 0.1) is 0 Å². The molecule has 0 N–H and O–H groups in total. The number of benzene rings is 1. The zero-order chi connectivity index (χ0) is 12.7. The van der Waals surface area contributed by atoms with Gasteiger partial charge < -0.3 is 4.90 Å². The molecule has 1 aromatic carbocycles. The first-order valence-corrected chi connectivity index (χ1v) is 7.25. The molecule has 0 amide bonds. The van der Waals surface area contributed by atoms with Gasteiger partial charge in [-0.2, -0.15) is 0 Å². The van der Waals surface area contributed by atoms with Crippen LogP contribution in [0.4, 0.5) is 5.13 Å². The maximum atomic E-state index is 4.69. The second-order valence-corrected chi connectivity index (χ2v) is 5.72. The van der Waals surface area contributed by atoms with Gasteiger partial charge in [0.1, 0.15) is 10.3 Å². The number of fused-ring (bicyclic) bond motifs is 2. The summed E-state index contributed by atoms with van der Waals surface area (Å²) in [6.45, 7) is 1.99. The standard InChI is InChI=1S/C15H13N3S/c1-2-5-12-10-18(9-7-11(12)4-1)15-17-13-6-3-8-16-14(13)19-15/h1-6,8H,7,9-10H2. The van der Waals surface area contributed by atoms with Crippen molar-refractivity contribution < 1.29 is 0 Å². The van der Waals surface area contributed by atoms with Gasteiger partial charge in [-0.05, 0) is 29.7 Å². The first-order valence-electron chi connectivity index (χ1n) is 6.43. The van der Waals surface area contributed by atoms with E-state index in [-0.39, 0.29) is 0 Å². The van der Waals surface area contributed by atoms with E-state index in [0.717, 1.165) is 35.0 Å². The molecule has 0 atom stereocenters. The normalized spacial score (nSPS) is 14.6. The molecule has 0 spiro atoms. The van der Waals surface area contributed by atoms with Crippen molar-refractivity contribution in [2.45, 2.75) is 13.0 Å². The third kappa shape index (κ3) is 1.88. The van der Waals surface area contributed by atoms with E-state index in [0.29, 0.717) is 0 Å². The van der Waals surface area contributed by atoms with E-state index in [9.17, 15) is 0 Å². The SMILES string of the molecule is c1ccc2c(c1)CCN(c1nc3cccnc3s1)C2. The van der Waals surface area contributed by atoms with E-state index >= 15 is 0 Å². The van der Waals surface area contributed by atoms with Crippen LogP contribution in [0.15, 0.2) is 42.6 Å². The number of rotatable bonds is 1. The molecule has 1 aliphatic heterocycles. The van der Waals surface area contributed by atoms with E-state index in [1.165, 1.54) is 11.1 Å². The monoisotopic (exact) mass is 267 g/mol. The van der Waals surface area contributed by atoms with Crippen LogP contribution in [-0.4, -0.2) is 16.5 Å². The predicted molar refractivity (Wildman–Crippen MR) is 78.6 cm³/mol. The second-order valence-electron chi connectivity index (χ2n) is 4.76. The molecule has 0 saturated heterocycles. The summed E-state index contributed by atoms with van der Waals surface area (Å²) in [5.41, 5.74) is 3.89. The third-order valence-electron chi connectivity index (χ3n) is 3.56. The fourth-order valence-corrected chi connectivity index (χ4v) is 3.49. The molecule has 0 saturated carbocycles. The van der Waals surface area contributed by atoms with E-state index in [1.54, 1.807) is 11.3 Å². The Balaban J connectivity index is 1.70. The van der Waals surface area contributed by atoms with Crippen LogP contribution in [-0.2, 0) is 13.0 Å². The van der Waals surface area contributed by atoms with Gasteiger partial charge in [0.15, 0.2) is 5.13 Å². The van der Waals surface area contributed by atoms with Gasteiger partial charge in [0.2, 0.25) is 0 Å². The summed E-state index contributed by atoms with van der Waals surface area (Å²) in [7, 11) is 0. The van der Waals surface area contributed by atoms with Crippen LogP contribution in [0.5, 0.6) is 0 Å². The lowest BCUT2D eigenvalue weighted by atomic mass is 10.0. The minimum absolute atomic E-state index is 0.954. The summed E-state index contributed by atoms with van der Waals surface area (Å²) in [5.74, 6) is 0. The van der Waals surface area contributed by atoms with Gasteiger partial charge in [0, 0.05) is 19.3 Å². The molecule has 19 heavy (non-hydrogen) atoms. The maximum absolute atomic E-state index is 4.69. The number of pyridine rings is 1. The zero-order valence-electron chi connectivity index (χ0n) is 10.4. The van der Waals surface area contributed by atoms with Crippen LogP contribution >= 0.6 is 11.3 Å². The van der Waals surface area contributed by atoms with Gasteiger partial charge in [-0.3, -0.25) is 0 Å². The van der Waals surface area contributed by atoms with Crippen LogP contribution in [0.3, 0.4) is 0 Å². The van der Waals surface area contributed by atoms with E-state index < -0.39 is 0 Å². The molecule has 94 valence electrons. The van der Waals surface area contributed by atoms with Crippen LogP contribution in [0.2, 0.25) is 0 Å². The molecule has 0 bridgehead atoms. The zero-order valence-corrected chi connectivity index (χ0v) is 11.2. The van der Waals surface area contributed by atoms with Gasteiger partial charge in [-0.25, -0.2) is 9.97 Å². The van der Waals surface area contributed by atoms with Crippen molar-refractivity contribution in [3.63, 3.8) is 0 Å². The van der Waals surface area contributed by atoms with Crippen molar-refractivity contribution in [2.24, 2.45) is 0 Å². The van der Waals surface area contributed by atoms with Crippen LogP contribution in [0.1, 0.15) is 11.1 Å². The number of aromatic nitrogens is 2. The lowest BCUT2D eigenvalue weighted by Crippen LogP contribution is -2.30. The Kier molecular flexibility index (Phi) is 2.48. The first kappa shape index (κ1) is 10.9. The average molecular weight is 267 g/mol. The third-order valence-corrected chi connectivity index (χ3v) is 4.60. The van der Waals surface area contributed by atoms with Crippen LogP contribution < -0.4 is 4.90 Å². The summed E-state index contributed by atoms with van der Waals surface area (Å²) in [5, 5.41) is 1.09. The van der Waals surface area contributed by atoms with E-state index in [1.807, 2.05) is 18.3 Å². The number of thiazole rings is 1. The second kappa shape index (κ2) is 4.31. The summed E-state index contributed by atoms with van der Waals surface area (Å²) < 4.78 is 0. The molecular weight excluding hydrogens is 254 g/mol. The Morgan fingerprint density at radius 2 is 1.95 bits per heavy atom. The Morgan fingerprint density at radius 3 is 2.84 bits per heavy atom. The highest BCUT2D eigenvalue weighted by atomic mass is 32.1. The van der Waals surface area contributed by atoms with Crippen LogP contribution in [0.25, 0.3) is 10.3 Å². The van der Waals surface area contributed by atoms with Gasteiger partial charge in [-0.15, -0.1) is 0 Å². The predicted octanol–water partition coefficient (Wildman–Crippen LogP) is 3.25. The van der Waals surface area contributed by atoms with E-state index in [2.05, 4.69) is 34.1 Å². The molecule has 2 aromatic heterocycles. The molecule has 0 radical (unpaired) electrons. The molecular formula is C15H13N3S. The highest BCUT2D eigenvalue weighted by Gasteiger charge is 2.18. The summed E-state index contributed by atoms with van der Waals surface area (Å²) >= 11 is 1.68. The minimum Gasteiger partial charge on any atom is -0.343 e. The van der Waals surface area contributed by atoms with Crippen molar-refractivity contribution in [2.75, 3.05) is 11.4 Å². The molecule has 4 heteroatoms. The van der Waals surface area contributed by atoms with Crippen molar-refractivity contribution in [3.8, 4) is 0 Å². The highest BCUT2D eigenvalue weighted by Crippen LogP contribution is 2.30. The molecule has 3 nitrogen and oxygen atoms in total. The van der Waals surface area contributed by atoms with Crippen molar-refractivity contribution >= 4 is 26.8 Å². The number of hydrogen-bond acceptors (Lipinski definition) is 4. The fourth-order valence-electron chi connectivity index (χ4n) is 2.55. The van der Waals surface area contributed by atoms with Crippen molar-refractivity contribution in [3.05, 3.63) is 53.7 Å². The molecule has 0 unspecified atom stereocenters. The Hall–Kier alpha value is -1.94. The fraction of sp³-hybridized carbons (Fsp3) is 0.200.